The molecule has 1 saturated heterocycles. The van der Waals surface area contributed by atoms with Crippen molar-refractivity contribution in [2.75, 3.05) is 47.1 Å². The molecule has 2 aliphatic heterocycles. The van der Waals surface area contributed by atoms with Crippen LogP contribution in [0.3, 0.4) is 0 Å². The van der Waals surface area contributed by atoms with Crippen molar-refractivity contribution in [1.29, 1.82) is 0 Å². The summed E-state index contributed by atoms with van der Waals surface area (Å²) >= 11 is 0. The Morgan fingerprint density at radius 3 is 2.38 bits per heavy atom. The van der Waals surface area contributed by atoms with Gasteiger partial charge in [-0.3, -0.25) is 9.59 Å². The topological polar surface area (TPSA) is 80.7 Å². The van der Waals surface area contributed by atoms with Gasteiger partial charge in [0.1, 0.15) is 0 Å². The van der Waals surface area contributed by atoms with Gasteiger partial charge in [0, 0.05) is 30.6 Å². The average molecular weight is 437 g/mol. The van der Waals surface area contributed by atoms with E-state index in [4.69, 9.17) is 14.2 Å². The highest BCUT2D eigenvalue weighted by Crippen LogP contribution is 2.29. The maximum atomic E-state index is 12.8. The van der Waals surface area contributed by atoms with Gasteiger partial charge in [-0.25, -0.2) is 5.01 Å². The molecule has 168 valence electrons. The first kappa shape index (κ1) is 21.8. The molecule has 8 heteroatoms. The van der Waals surface area contributed by atoms with Crippen molar-refractivity contribution < 1.29 is 23.8 Å². The number of hydrogen-bond acceptors (Lipinski definition) is 6. The summed E-state index contributed by atoms with van der Waals surface area (Å²) in [4.78, 5) is 27.1. The number of benzene rings is 2. The summed E-state index contributed by atoms with van der Waals surface area (Å²) in [6.07, 6.45) is 0.906. The van der Waals surface area contributed by atoms with Crippen LogP contribution in [-0.4, -0.2) is 74.5 Å². The van der Waals surface area contributed by atoms with Crippen molar-refractivity contribution >= 4 is 17.5 Å². The first-order chi connectivity index (χ1) is 15.6. The molecule has 8 nitrogen and oxygen atoms in total. The van der Waals surface area contributed by atoms with Gasteiger partial charge in [-0.1, -0.05) is 12.1 Å². The highest BCUT2D eigenvalue weighted by molar-refractivity contribution is 6.03. The van der Waals surface area contributed by atoms with Crippen molar-refractivity contribution in [1.82, 2.24) is 9.91 Å². The number of rotatable bonds is 6. The summed E-state index contributed by atoms with van der Waals surface area (Å²) in [6.45, 7) is 2.89. The highest BCUT2D eigenvalue weighted by Gasteiger charge is 2.23. The van der Waals surface area contributed by atoms with Gasteiger partial charge in [0.05, 0.1) is 46.1 Å². The molecule has 0 unspecified atom stereocenters. The van der Waals surface area contributed by atoms with E-state index in [2.05, 4.69) is 5.10 Å². The van der Waals surface area contributed by atoms with Crippen LogP contribution in [0.25, 0.3) is 0 Å². The number of ether oxygens (including phenoxy) is 3. The van der Waals surface area contributed by atoms with E-state index in [-0.39, 0.29) is 18.2 Å². The number of hydrogen-bond donors (Lipinski definition) is 0. The second kappa shape index (κ2) is 9.82. The Kier molecular flexibility index (Phi) is 6.70. The van der Waals surface area contributed by atoms with Crippen LogP contribution in [0.1, 0.15) is 27.9 Å². The van der Waals surface area contributed by atoms with Crippen molar-refractivity contribution in [2.45, 2.75) is 12.8 Å². The minimum Gasteiger partial charge on any atom is -0.493 e. The van der Waals surface area contributed by atoms with Crippen molar-refractivity contribution in [3.8, 4) is 11.5 Å². The van der Waals surface area contributed by atoms with Crippen molar-refractivity contribution in [3.05, 3.63) is 59.2 Å². The number of hydrazone groups is 1. The number of carbonyl (C=O) groups is 2. The van der Waals surface area contributed by atoms with Crippen molar-refractivity contribution in [2.24, 2.45) is 5.10 Å². The number of carbonyl (C=O) groups excluding carboxylic acids is 2. The molecule has 0 spiro atoms. The quantitative estimate of drug-likeness (QED) is 0.693. The lowest BCUT2D eigenvalue weighted by atomic mass is 10.1. The molecule has 0 saturated carbocycles. The molecule has 1 fully saturated rings. The first-order valence-electron chi connectivity index (χ1n) is 10.6. The predicted octanol–water partition coefficient (Wildman–Crippen LogP) is 2.36. The Labute approximate surface area is 187 Å². The van der Waals surface area contributed by atoms with E-state index in [0.29, 0.717) is 56.3 Å². The molecule has 32 heavy (non-hydrogen) atoms. The third-order valence-corrected chi connectivity index (χ3v) is 5.66. The zero-order valence-electron chi connectivity index (χ0n) is 18.4. The van der Waals surface area contributed by atoms with Crippen LogP contribution < -0.4 is 9.47 Å². The summed E-state index contributed by atoms with van der Waals surface area (Å²) < 4.78 is 15.9. The molecule has 0 bridgehead atoms. The van der Waals surface area contributed by atoms with Gasteiger partial charge in [0.25, 0.3) is 5.91 Å². The molecule has 4 rings (SSSR count). The number of morpholine rings is 1. The third-order valence-electron chi connectivity index (χ3n) is 5.66. The molecule has 0 atom stereocenters. The smallest absolute Gasteiger partial charge is 0.254 e. The molecule has 2 amide bonds. The van der Waals surface area contributed by atoms with E-state index >= 15 is 0 Å². The maximum Gasteiger partial charge on any atom is 0.254 e. The number of nitrogens with zero attached hydrogens (tertiary/aromatic N) is 3. The minimum absolute atomic E-state index is 0.00474. The lowest BCUT2D eigenvalue weighted by Gasteiger charge is -2.26. The molecular formula is C24H27N3O5. The molecule has 2 aromatic carbocycles. The first-order valence-corrected chi connectivity index (χ1v) is 10.6. The normalized spacial score (nSPS) is 16.0. The van der Waals surface area contributed by atoms with Gasteiger partial charge in [0.2, 0.25) is 5.91 Å². The standard InChI is InChI=1S/C24H27N3O5/c1-30-21-8-7-19(16-22(21)31-2)20-9-10-27(25-20)23(28)15-17-3-5-18(6-4-17)24(29)26-11-13-32-14-12-26/h3-8,16H,9-15H2,1-2H3. The van der Waals surface area contributed by atoms with E-state index in [0.717, 1.165) is 16.8 Å². The molecule has 0 aromatic heterocycles. The zero-order chi connectivity index (χ0) is 22.5. The van der Waals surface area contributed by atoms with Crippen LogP contribution in [0.15, 0.2) is 47.6 Å². The van der Waals surface area contributed by atoms with Gasteiger partial charge in [0.15, 0.2) is 11.5 Å². The van der Waals surface area contributed by atoms with E-state index in [9.17, 15) is 9.59 Å². The Balaban J connectivity index is 1.39. The molecule has 2 heterocycles. The SMILES string of the molecule is COc1ccc(C2=NN(C(=O)Cc3ccc(C(=O)N4CCOCC4)cc3)CC2)cc1OC. The van der Waals surface area contributed by atoms with E-state index in [1.54, 1.807) is 31.3 Å². The van der Waals surface area contributed by atoms with Gasteiger partial charge in [-0.15, -0.1) is 0 Å². The fourth-order valence-corrected chi connectivity index (χ4v) is 3.84. The van der Waals surface area contributed by atoms with Crippen LogP contribution in [0.4, 0.5) is 0 Å². The Bertz CT molecular complexity index is 1010. The van der Waals surface area contributed by atoms with Crippen LogP contribution in [-0.2, 0) is 16.0 Å². The molecule has 0 radical (unpaired) electrons. The molecular weight excluding hydrogens is 410 g/mol. The van der Waals surface area contributed by atoms with Crippen LogP contribution >= 0.6 is 0 Å². The predicted molar refractivity (Wildman–Crippen MR) is 119 cm³/mol. The third kappa shape index (κ3) is 4.75. The van der Waals surface area contributed by atoms with E-state index in [1.165, 1.54) is 5.01 Å². The number of methoxy groups -OCH3 is 2. The summed E-state index contributed by atoms with van der Waals surface area (Å²) in [6, 6.07) is 12.8. The molecule has 2 aliphatic rings. The maximum absolute atomic E-state index is 12.8. The fraction of sp³-hybridized carbons (Fsp3) is 0.375. The summed E-state index contributed by atoms with van der Waals surface area (Å²) in [5, 5.41) is 6.04. The van der Waals surface area contributed by atoms with Crippen LogP contribution in [0, 0.1) is 0 Å². The number of amides is 2. The average Bonchev–Trinajstić information content (AvgIpc) is 3.35. The van der Waals surface area contributed by atoms with Crippen molar-refractivity contribution in [3.63, 3.8) is 0 Å². The molecule has 0 N–H and O–H groups in total. The second-order valence-corrected chi connectivity index (χ2v) is 7.66. The molecule has 2 aromatic rings. The molecule has 0 aliphatic carbocycles. The Hall–Kier alpha value is -3.39. The Morgan fingerprint density at radius 1 is 0.969 bits per heavy atom. The second-order valence-electron chi connectivity index (χ2n) is 7.66. The zero-order valence-corrected chi connectivity index (χ0v) is 18.4. The summed E-state index contributed by atoms with van der Waals surface area (Å²) in [5.74, 6) is 1.20. The lowest BCUT2D eigenvalue weighted by molar-refractivity contribution is -0.130. The Morgan fingerprint density at radius 2 is 1.69 bits per heavy atom. The van der Waals surface area contributed by atoms with E-state index in [1.807, 2.05) is 30.3 Å². The highest BCUT2D eigenvalue weighted by atomic mass is 16.5. The van der Waals surface area contributed by atoms with E-state index < -0.39 is 0 Å². The van der Waals surface area contributed by atoms with Gasteiger partial charge in [-0.05, 0) is 35.9 Å². The monoisotopic (exact) mass is 437 g/mol. The minimum atomic E-state index is -0.0762. The van der Waals surface area contributed by atoms with Crippen LogP contribution in [0.5, 0.6) is 11.5 Å². The van der Waals surface area contributed by atoms with Gasteiger partial charge in [-0.2, -0.15) is 5.10 Å². The largest absolute Gasteiger partial charge is 0.493 e. The fourth-order valence-electron chi connectivity index (χ4n) is 3.84. The summed E-state index contributed by atoms with van der Waals surface area (Å²) in [5.41, 5.74) is 3.22. The van der Waals surface area contributed by atoms with Gasteiger partial charge < -0.3 is 19.1 Å². The summed E-state index contributed by atoms with van der Waals surface area (Å²) in [7, 11) is 3.18. The van der Waals surface area contributed by atoms with Crippen LogP contribution in [0.2, 0.25) is 0 Å². The lowest BCUT2D eigenvalue weighted by Crippen LogP contribution is -2.40. The van der Waals surface area contributed by atoms with Gasteiger partial charge >= 0.3 is 0 Å².